The topological polar surface area (TPSA) is 26.3 Å². The first kappa shape index (κ1) is 10.1. The van der Waals surface area contributed by atoms with E-state index in [9.17, 15) is 4.79 Å². The molecule has 0 aromatic heterocycles. The lowest BCUT2D eigenvalue weighted by atomic mass is 10.9. The summed E-state index contributed by atoms with van der Waals surface area (Å²) in [6.45, 7) is 5.34. The van der Waals surface area contributed by atoms with Crippen molar-refractivity contribution in [2.45, 2.75) is 20.8 Å². The third-order valence-corrected chi connectivity index (χ3v) is 5.55. The number of carbonyl (C=O) groups excluding carboxylic acids is 1. The molecule has 0 aromatic carbocycles. The van der Waals surface area contributed by atoms with Crippen LogP contribution in [0.2, 0.25) is 0 Å². The van der Waals surface area contributed by atoms with Gasteiger partial charge in [-0.3, -0.25) is 4.79 Å². The highest BCUT2D eigenvalue weighted by molar-refractivity contribution is 8.12. The van der Waals surface area contributed by atoms with E-state index in [1.165, 1.54) is 6.92 Å². The molecule has 2 nitrogen and oxygen atoms in total. The molecule has 0 spiro atoms. The lowest BCUT2D eigenvalue weighted by Crippen LogP contribution is -2.00. The summed E-state index contributed by atoms with van der Waals surface area (Å²) < 4.78 is 5.02. The summed E-state index contributed by atoms with van der Waals surface area (Å²) in [6, 6.07) is 0. The van der Waals surface area contributed by atoms with Crippen molar-refractivity contribution in [2.24, 2.45) is 0 Å². The van der Waals surface area contributed by atoms with Crippen LogP contribution in [0.4, 0.5) is 0 Å². The zero-order valence-electron chi connectivity index (χ0n) is 6.59. The Bertz CT molecular complexity index is 159. The van der Waals surface area contributed by atoms with Gasteiger partial charge in [0, 0.05) is 19.2 Å². The third kappa shape index (κ3) is 3.33. The van der Waals surface area contributed by atoms with Crippen molar-refractivity contribution < 1.29 is 9.32 Å². The summed E-state index contributed by atoms with van der Waals surface area (Å²) in [7, 11) is 0. The molecule has 0 atom stereocenters. The molecule has 0 rings (SSSR count). The van der Waals surface area contributed by atoms with Crippen molar-refractivity contribution in [2.75, 3.05) is 12.3 Å². The summed E-state index contributed by atoms with van der Waals surface area (Å²) in [5, 5.41) is 0. The van der Waals surface area contributed by atoms with Crippen LogP contribution in [0.15, 0.2) is 0 Å². The van der Waals surface area contributed by atoms with E-state index >= 15 is 0 Å². The normalized spacial score (nSPS) is 11.1. The smallest absolute Gasteiger partial charge is 0.305 e. The van der Waals surface area contributed by atoms with Crippen molar-refractivity contribution >= 4 is 24.0 Å². The van der Waals surface area contributed by atoms with E-state index in [1.54, 1.807) is 0 Å². The predicted molar refractivity (Wildman–Crippen MR) is 47.1 cm³/mol. The summed E-state index contributed by atoms with van der Waals surface area (Å²) in [6.07, 6.45) is -0.146. The Morgan fingerprint density at radius 2 is 1.90 bits per heavy atom. The fourth-order valence-corrected chi connectivity index (χ4v) is 2.08. The average molecular weight is 180 g/mol. The van der Waals surface area contributed by atoms with Crippen LogP contribution in [0.25, 0.3) is 0 Å². The molecular weight excluding hydrogens is 167 g/mol. The minimum atomic E-state index is -1.75. The van der Waals surface area contributed by atoms with Gasteiger partial charge in [0.2, 0.25) is 0 Å². The molecule has 4 heteroatoms. The average Bonchev–Trinajstić information content (AvgIpc) is 1.87. The zero-order chi connectivity index (χ0) is 8.20. The van der Waals surface area contributed by atoms with E-state index in [0.717, 1.165) is 12.3 Å². The monoisotopic (exact) mass is 180 g/mol. The van der Waals surface area contributed by atoms with Crippen LogP contribution in [0, 0.1) is 0 Å². The van der Waals surface area contributed by atoms with Gasteiger partial charge in [-0.1, -0.05) is 25.7 Å². The fourth-order valence-electron chi connectivity index (χ4n) is 0.587. The summed E-state index contributed by atoms with van der Waals surface area (Å²) >= 11 is 5.15. The highest BCUT2D eigenvalue weighted by atomic mass is 32.4. The molecule has 0 saturated heterocycles. The standard InChI is InChI=1S/C6H13O2PS/c1-4-9(10,5-2)8-6(3)7/h4-5H2,1-3H3. The second-order valence-electron chi connectivity index (χ2n) is 2.03. The van der Waals surface area contributed by atoms with Crippen LogP contribution in [0.3, 0.4) is 0 Å². The molecular formula is C6H13O2PS. The highest BCUT2D eigenvalue weighted by Gasteiger charge is 2.14. The molecule has 0 fully saturated rings. The van der Waals surface area contributed by atoms with E-state index in [1.807, 2.05) is 13.8 Å². The minimum Gasteiger partial charge on any atom is -0.437 e. The molecule has 60 valence electrons. The van der Waals surface area contributed by atoms with E-state index in [2.05, 4.69) is 0 Å². The minimum absolute atomic E-state index is 0.243. The molecule has 0 unspecified atom stereocenters. The van der Waals surface area contributed by atoms with Crippen molar-refractivity contribution in [1.29, 1.82) is 0 Å². The van der Waals surface area contributed by atoms with Crippen molar-refractivity contribution in [1.82, 2.24) is 0 Å². The van der Waals surface area contributed by atoms with Crippen LogP contribution in [-0.4, -0.2) is 18.3 Å². The van der Waals surface area contributed by atoms with Gasteiger partial charge < -0.3 is 4.52 Å². The van der Waals surface area contributed by atoms with Crippen LogP contribution >= 0.6 is 6.26 Å². The van der Waals surface area contributed by atoms with Crippen molar-refractivity contribution in [3.63, 3.8) is 0 Å². The second-order valence-corrected chi connectivity index (χ2v) is 7.10. The Labute approximate surface area is 67.0 Å². The number of carbonyl (C=O) groups is 1. The SMILES string of the molecule is CCP(=S)(CC)OC(C)=O. The molecule has 0 aliphatic carbocycles. The lowest BCUT2D eigenvalue weighted by Gasteiger charge is -2.16. The van der Waals surface area contributed by atoms with Crippen LogP contribution in [0.1, 0.15) is 20.8 Å². The first-order valence-corrected chi connectivity index (χ1v) is 6.41. The summed E-state index contributed by atoms with van der Waals surface area (Å²) in [5.41, 5.74) is 0. The molecule has 10 heavy (non-hydrogen) atoms. The highest BCUT2D eigenvalue weighted by Crippen LogP contribution is 2.46. The van der Waals surface area contributed by atoms with Gasteiger partial charge in [0.25, 0.3) is 0 Å². The molecule has 0 heterocycles. The Hall–Kier alpha value is 0.120. The first-order valence-electron chi connectivity index (χ1n) is 3.32. The van der Waals surface area contributed by atoms with E-state index in [4.69, 9.17) is 16.3 Å². The molecule has 0 aliphatic heterocycles. The number of hydrogen-bond donors (Lipinski definition) is 0. The van der Waals surface area contributed by atoms with Gasteiger partial charge in [0.15, 0.2) is 0 Å². The fraction of sp³-hybridized carbons (Fsp3) is 0.833. The maximum atomic E-state index is 10.5. The lowest BCUT2D eigenvalue weighted by molar-refractivity contribution is -0.131. The summed E-state index contributed by atoms with van der Waals surface area (Å²) in [4.78, 5) is 10.5. The van der Waals surface area contributed by atoms with Crippen molar-refractivity contribution in [3.8, 4) is 0 Å². The zero-order valence-corrected chi connectivity index (χ0v) is 8.30. The Morgan fingerprint density at radius 3 is 2.00 bits per heavy atom. The van der Waals surface area contributed by atoms with Gasteiger partial charge in [-0.05, 0) is 0 Å². The van der Waals surface area contributed by atoms with Crippen molar-refractivity contribution in [3.05, 3.63) is 0 Å². The first-order chi connectivity index (χ1) is 4.54. The maximum absolute atomic E-state index is 10.5. The van der Waals surface area contributed by atoms with Crippen LogP contribution in [-0.2, 0) is 21.1 Å². The van der Waals surface area contributed by atoms with Gasteiger partial charge in [-0.2, -0.15) is 0 Å². The van der Waals surface area contributed by atoms with E-state index in [-0.39, 0.29) is 5.97 Å². The second kappa shape index (κ2) is 4.09. The molecule has 0 aliphatic rings. The number of hydrogen-bond acceptors (Lipinski definition) is 3. The molecule has 0 N–H and O–H groups in total. The Balaban J connectivity index is 4.07. The van der Waals surface area contributed by atoms with Gasteiger partial charge in [0.1, 0.15) is 6.26 Å². The molecule has 0 radical (unpaired) electrons. The number of rotatable bonds is 3. The van der Waals surface area contributed by atoms with Gasteiger partial charge in [0.05, 0.1) is 0 Å². The van der Waals surface area contributed by atoms with Crippen LogP contribution < -0.4 is 0 Å². The maximum Gasteiger partial charge on any atom is 0.305 e. The molecule has 0 aromatic rings. The Kier molecular flexibility index (Phi) is 4.14. The van der Waals surface area contributed by atoms with Gasteiger partial charge in [-0.25, -0.2) is 0 Å². The van der Waals surface area contributed by atoms with E-state index in [0.29, 0.717) is 0 Å². The van der Waals surface area contributed by atoms with E-state index < -0.39 is 6.26 Å². The predicted octanol–water partition coefficient (Wildman–Crippen LogP) is 1.98. The largest absolute Gasteiger partial charge is 0.437 e. The molecule has 0 amide bonds. The van der Waals surface area contributed by atoms with Gasteiger partial charge in [-0.15, -0.1) is 0 Å². The summed E-state index contributed by atoms with van der Waals surface area (Å²) in [5.74, 6) is -0.243. The quantitative estimate of drug-likeness (QED) is 0.621. The molecule has 0 bridgehead atoms. The van der Waals surface area contributed by atoms with Gasteiger partial charge >= 0.3 is 5.97 Å². The molecule has 0 saturated carbocycles. The van der Waals surface area contributed by atoms with Crippen LogP contribution in [0.5, 0.6) is 0 Å². The Morgan fingerprint density at radius 1 is 1.50 bits per heavy atom. The third-order valence-electron chi connectivity index (χ3n) is 1.26.